The Bertz CT molecular complexity index is 745. The third-order valence-corrected chi connectivity index (χ3v) is 2.99. The molecule has 0 saturated carbocycles. The fourth-order valence-electron chi connectivity index (χ4n) is 1.91. The first-order chi connectivity index (χ1) is 12.0. The Morgan fingerprint density at radius 2 is 2.08 bits per heavy atom. The van der Waals surface area contributed by atoms with Crippen molar-refractivity contribution < 1.29 is 19.2 Å². The molecule has 1 aromatic heterocycles. The Hall–Kier alpha value is -3.05. The van der Waals surface area contributed by atoms with Crippen molar-refractivity contribution in [2.24, 2.45) is 0 Å². The van der Waals surface area contributed by atoms with E-state index in [1.54, 1.807) is 6.07 Å². The molecule has 2 rings (SSSR count). The van der Waals surface area contributed by atoms with Gasteiger partial charge in [-0.2, -0.15) is 9.97 Å². The Labute approximate surface area is 142 Å². The van der Waals surface area contributed by atoms with E-state index in [1.807, 2.05) is 0 Å². The highest BCUT2D eigenvalue weighted by molar-refractivity contribution is 5.74. The standard InChI is InChI=1S/C14H17FN6O4/c15-9-3-1-2-4-10(9)18-13-11(21(23)24)12(16)19-14(20-13)17-5-7-25-8-6-22/h1-4,22H,5-8H2,(H4,16,17,18,19,20). The minimum atomic E-state index is -0.743. The second-order valence-electron chi connectivity index (χ2n) is 4.75. The molecule has 1 heterocycles. The van der Waals surface area contributed by atoms with Gasteiger partial charge in [-0.25, -0.2) is 4.39 Å². The number of nitrogens with zero attached hydrogens (tertiary/aromatic N) is 3. The van der Waals surface area contributed by atoms with Crippen molar-refractivity contribution in [3.63, 3.8) is 0 Å². The van der Waals surface area contributed by atoms with E-state index >= 15 is 0 Å². The van der Waals surface area contributed by atoms with Crippen molar-refractivity contribution in [2.75, 3.05) is 42.7 Å². The van der Waals surface area contributed by atoms with Crippen molar-refractivity contribution in [3.05, 3.63) is 40.2 Å². The van der Waals surface area contributed by atoms with Crippen LogP contribution >= 0.6 is 0 Å². The van der Waals surface area contributed by atoms with E-state index < -0.39 is 16.4 Å². The number of anilines is 4. The average molecular weight is 352 g/mol. The average Bonchev–Trinajstić information content (AvgIpc) is 2.56. The molecule has 0 atom stereocenters. The van der Waals surface area contributed by atoms with Gasteiger partial charge in [-0.15, -0.1) is 0 Å². The van der Waals surface area contributed by atoms with Crippen molar-refractivity contribution >= 4 is 29.0 Å². The fraction of sp³-hybridized carbons (Fsp3) is 0.286. The van der Waals surface area contributed by atoms with Gasteiger partial charge in [-0.1, -0.05) is 12.1 Å². The summed E-state index contributed by atoms with van der Waals surface area (Å²) in [6.07, 6.45) is 0. The molecule has 1 aromatic carbocycles. The smallest absolute Gasteiger partial charge is 0.353 e. The van der Waals surface area contributed by atoms with Crippen LogP contribution < -0.4 is 16.4 Å². The number of aliphatic hydroxyl groups is 1. The molecule has 0 amide bonds. The van der Waals surface area contributed by atoms with Gasteiger partial charge in [0.2, 0.25) is 17.6 Å². The predicted octanol–water partition coefficient (Wildman–Crippen LogP) is 1.27. The van der Waals surface area contributed by atoms with Crippen LogP contribution in [0.25, 0.3) is 0 Å². The minimum Gasteiger partial charge on any atom is -0.394 e. The minimum absolute atomic E-state index is 0.0147. The summed E-state index contributed by atoms with van der Waals surface area (Å²) in [5.74, 6) is -1.17. The third kappa shape index (κ3) is 4.96. The molecule has 11 heteroatoms. The van der Waals surface area contributed by atoms with Crippen LogP contribution in [0.15, 0.2) is 24.3 Å². The van der Waals surface area contributed by atoms with Crippen LogP contribution in [0.1, 0.15) is 0 Å². The lowest BCUT2D eigenvalue weighted by Crippen LogP contribution is -2.15. The number of rotatable bonds is 9. The summed E-state index contributed by atoms with van der Waals surface area (Å²) in [5, 5.41) is 25.2. The Morgan fingerprint density at radius 3 is 2.76 bits per heavy atom. The monoisotopic (exact) mass is 352 g/mol. The molecule has 0 aliphatic carbocycles. The number of nitrogen functional groups attached to an aromatic ring is 1. The number of aromatic nitrogens is 2. The first kappa shape index (κ1) is 18.3. The number of hydrogen-bond donors (Lipinski definition) is 4. The number of aliphatic hydroxyl groups excluding tert-OH is 1. The lowest BCUT2D eigenvalue weighted by molar-refractivity contribution is -0.383. The summed E-state index contributed by atoms with van der Waals surface area (Å²) < 4.78 is 18.8. The maximum absolute atomic E-state index is 13.8. The topological polar surface area (TPSA) is 148 Å². The second kappa shape index (κ2) is 8.70. The maximum atomic E-state index is 13.8. The molecule has 134 valence electrons. The van der Waals surface area contributed by atoms with Gasteiger partial charge in [-0.3, -0.25) is 10.1 Å². The summed E-state index contributed by atoms with van der Waals surface area (Å²) in [6, 6.07) is 5.67. The molecule has 0 bridgehead atoms. The van der Waals surface area contributed by atoms with E-state index in [-0.39, 0.29) is 49.6 Å². The van der Waals surface area contributed by atoms with E-state index in [4.69, 9.17) is 15.6 Å². The van der Waals surface area contributed by atoms with E-state index in [0.717, 1.165) is 0 Å². The number of nitro groups is 1. The normalized spacial score (nSPS) is 10.5. The van der Waals surface area contributed by atoms with Crippen LogP contribution in [0.2, 0.25) is 0 Å². The van der Waals surface area contributed by atoms with Crippen LogP contribution in [0.4, 0.5) is 33.3 Å². The van der Waals surface area contributed by atoms with Crippen LogP contribution in [0, 0.1) is 15.9 Å². The maximum Gasteiger partial charge on any atom is 0.353 e. The number of halogens is 1. The van der Waals surface area contributed by atoms with Crippen LogP contribution in [-0.2, 0) is 4.74 Å². The number of nitrogens with two attached hydrogens (primary N) is 1. The summed E-state index contributed by atoms with van der Waals surface area (Å²) in [4.78, 5) is 18.3. The zero-order valence-electron chi connectivity index (χ0n) is 13.1. The molecule has 0 aliphatic rings. The number of benzene rings is 1. The summed E-state index contributed by atoms with van der Waals surface area (Å²) in [7, 11) is 0. The molecule has 0 aliphatic heterocycles. The summed E-state index contributed by atoms with van der Waals surface area (Å²) in [5.41, 5.74) is 5.10. The van der Waals surface area contributed by atoms with E-state index in [1.165, 1.54) is 18.2 Å². The second-order valence-corrected chi connectivity index (χ2v) is 4.75. The summed E-state index contributed by atoms with van der Waals surface area (Å²) >= 11 is 0. The lowest BCUT2D eigenvalue weighted by Gasteiger charge is -2.11. The van der Waals surface area contributed by atoms with Gasteiger partial charge in [-0.05, 0) is 12.1 Å². The van der Waals surface area contributed by atoms with Gasteiger partial charge in [0, 0.05) is 6.54 Å². The van der Waals surface area contributed by atoms with Crippen LogP contribution in [-0.4, -0.2) is 46.4 Å². The zero-order valence-corrected chi connectivity index (χ0v) is 13.1. The van der Waals surface area contributed by atoms with Gasteiger partial charge in [0.25, 0.3) is 0 Å². The largest absolute Gasteiger partial charge is 0.394 e. The van der Waals surface area contributed by atoms with Gasteiger partial charge >= 0.3 is 5.69 Å². The first-order valence-corrected chi connectivity index (χ1v) is 7.29. The lowest BCUT2D eigenvalue weighted by atomic mass is 10.3. The number of ether oxygens (including phenoxy) is 1. The van der Waals surface area contributed by atoms with Crippen molar-refractivity contribution in [3.8, 4) is 0 Å². The molecule has 0 unspecified atom stereocenters. The molecule has 0 fully saturated rings. The highest BCUT2D eigenvalue weighted by Gasteiger charge is 2.23. The molecule has 25 heavy (non-hydrogen) atoms. The van der Waals surface area contributed by atoms with Crippen LogP contribution in [0.5, 0.6) is 0 Å². The third-order valence-electron chi connectivity index (χ3n) is 2.99. The first-order valence-electron chi connectivity index (χ1n) is 7.29. The molecule has 0 spiro atoms. The molecule has 2 aromatic rings. The van der Waals surface area contributed by atoms with Crippen molar-refractivity contribution in [1.82, 2.24) is 9.97 Å². The number of hydrogen-bond acceptors (Lipinski definition) is 9. The van der Waals surface area contributed by atoms with Gasteiger partial charge in [0.15, 0.2) is 0 Å². The number of nitrogens with one attached hydrogen (secondary N) is 2. The number of para-hydroxylation sites is 1. The Balaban J connectivity index is 2.23. The molecule has 0 radical (unpaired) electrons. The fourth-order valence-corrected chi connectivity index (χ4v) is 1.91. The highest BCUT2D eigenvalue weighted by atomic mass is 19.1. The van der Waals surface area contributed by atoms with Crippen molar-refractivity contribution in [2.45, 2.75) is 0 Å². The highest BCUT2D eigenvalue weighted by Crippen LogP contribution is 2.31. The van der Waals surface area contributed by atoms with Crippen LogP contribution in [0.3, 0.4) is 0 Å². The van der Waals surface area contributed by atoms with E-state index in [9.17, 15) is 14.5 Å². The molecule has 5 N–H and O–H groups in total. The van der Waals surface area contributed by atoms with Gasteiger partial charge in [0.1, 0.15) is 5.82 Å². The van der Waals surface area contributed by atoms with Crippen molar-refractivity contribution in [1.29, 1.82) is 0 Å². The Kier molecular flexibility index (Phi) is 6.37. The predicted molar refractivity (Wildman–Crippen MR) is 89.2 cm³/mol. The Morgan fingerprint density at radius 1 is 1.32 bits per heavy atom. The molecular weight excluding hydrogens is 335 g/mol. The zero-order chi connectivity index (χ0) is 18.2. The quantitative estimate of drug-likeness (QED) is 0.297. The summed E-state index contributed by atoms with van der Waals surface area (Å²) in [6.45, 7) is 0.635. The molecule has 10 nitrogen and oxygen atoms in total. The van der Waals surface area contributed by atoms with E-state index in [2.05, 4.69) is 20.6 Å². The van der Waals surface area contributed by atoms with Gasteiger partial charge < -0.3 is 26.2 Å². The molecular formula is C14H17FN6O4. The SMILES string of the molecule is Nc1nc(NCCOCCO)nc(Nc2ccccc2F)c1[N+](=O)[O-]. The van der Waals surface area contributed by atoms with Gasteiger partial charge in [0.05, 0.1) is 30.4 Å². The molecule has 0 saturated heterocycles. The van der Waals surface area contributed by atoms with E-state index in [0.29, 0.717) is 0 Å².